The first-order valence-corrected chi connectivity index (χ1v) is 14.0. The number of phenols is 1. The number of aromatic nitrogens is 2. The van der Waals surface area contributed by atoms with E-state index in [1.807, 2.05) is 0 Å². The minimum Gasteiger partial charge on any atom is -0.507 e. The molecule has 1 aromatic carbocycles. The van der Waals surface area contributed by atoms with Crippen molar-refractivity contribution in [3.8, 4) is 5.75 Å². The molecule has 4 rings (SSSR count). The normalized spacial score (nSPS) is 13.9. The fraction of sp³-hybridized carbons (Fsp3) is 0.429. The number of carbonyl (C=O) groups is 2. The van der Waals surface area contributed by atoms with Crippen molar-refractivity contribution < 1.29 is 32.3 Å². The molecule has 4 N–H and O–H groups in total. The lowest BCUT2D eigenvalue weighted by Crippen LogP contribution is -2.50. The number of rotatable bonds is 10. The number of halogens is 3. The largest absolute Gasteiger partial charge is 0.507 e. The molecule has 2 aromatic heterocycles. The Morgan fingerprint density at radius 3 is 2.53 bits per heavy atom. The van der Waals surface area contributed by atoms with Crippen LogP contribution in [0.15, 0.2) is 50.2 Å². The van der Waals surface area contributed by atoms with Crippen molar-refractivity contribution in [2.75, 3.05) is 57.5 Å². The summed E-state index contributed by atoms with van der Waals surface area (Å²) in [4.78, 5) is 47.2. The molecule has 17 heteroatoms. The van der Waals surface area contributed by atoms with Crippen molar-refractivity contribution in [3.05, 3.63) is 52.2 Å². The number of nitrogens with zero attached hydrogens (tertiary/aromatic N) is 7. The van der Waals surface area contributed by atoms with Crippen LogP contribution in [-0.2, 0) is 17.8 Å². The average Bonchev–Trinajstić information content (AvgIpc) is 3.46. The summed E-state index contributed by atoms with van der Waals surface area (Å²) in [7, 11) is 3.20. The minimum atomic E-state index is -4.57. The summed E-state index contributed by atoms with van der Waals surface area (Å²) in [5, 5.41) is 22.2. The standard InChI is InChI=1S/C28H34F3N9O5/c1-5-18-23(38-10-12-39(13-11-38)27(44)21-19(41)7-6-17-25(21)45-15-34-17)24(43)22(32)26(35-36-37(3)4)40(18)14-20(42)33-9-8-16(2)28(29,30)31/h6-7,15,41H,2,5,8-14,32H2,1,3-4H3,(H,33,42)/b36-35+. The lowest BCUT2D eigenvalue weighted by atomic mass is 10.1. The molecule has 1 aliphatic heterocycles. The third kappa shape index (κ3) is 7.02. The van der Waals surface area contributed by atoms with Crippen LogP contribution >= 0.6 is 0 Å². The molecule has 14 nitrogen and oxygen atoms in total. The number of piperazine rings is 1. The molecule has 45 heavy (non-hydrogen) atoms. The molecule has 0 spiro atoms. The van der Waals surface area contributed by atoms with Gasteiger partial charge >= 0.3 is 6.18 Å². The summed E-state index contributed by atoms with van der Waals surface area (Å²) in [6.07, 6.45) is -3.62. The SMILES string of the molecule is C=C(CCNC(=O)Cn1c(CC)c(N2CCN(C(=O)c3c(O)ccc4ncoc34)CC2)c(=O)c(N)c1/N=N/N(C)C)C(F)(F)F. The highest BCUT2D eigenvalue weighted by molar-refractivity contribution is 6.06. The number of carbonyl (C=O) groups excluding carboxylic acids is 2. The molecule has 3 heterocycles. The van der Waals surface area contributed by atoms with Crippen LogP contribution in [0.1, 0.15) is 29.4 Å². The zero-order valence-electron chi connectivity index (χ0n) is 25.0. The number of phenolic OH excluding ortho intramolecular Hbond substituents is 1. The van der Waals surface area contributed by atoms with Gasteiger partial charge in [-0.1, -0.05) is 18.7 Å². The van der Waals surface area contributed by atoms with E-state index in [1.165, 1.54) is 33.0 Å². The molecular formula is C28H34F3N9O5. The lowest BCUT2D eigenvalue weighted by Gasteiger charge is -2.37. The number of alkyl halides is 3. The van der Waals surface area contributed by atoms with Gasteiger partial charge in [0.05, 0.1) is 0 Å². The zero-order chi connectivity index (χ0) is 33.1. The quantitative estimate of drug-likeness (QED) is 0.172. The zero-order valence-corrected chi connectivity index (χ0v) is 25.0. The van der Waals surface area contributed by atoms with E-state index in [2.05, 4.69) is 27.2 Å². The van der Waals surface area contributed by atoms with Crippen molar-refractivity contribution in [2.45, 2.75) is 32.5 Å². The number of benzene rings is 1. The molecule has 0 aliphatic carbocycles. The second kappa shape index (κ2) is 13.3. The summed E-state index contributed by atoms with van der Waals surface area (Å²) in [6.45, 7) is 4.85. The van der Waals surface area contributed by atoms with Crippen LogP contribution in [0.4, 0.5) is 30.4 Å². The molecule has 242 valence electrons. The molecule has 1 fully saturated rings. The molecule has 0 radical (unpaired) electrons. The number of fused-ring (bicyclic) bond motifs is 1. The number of amides is 2. The van der Waals surface area contributed by atoms with Crippen LogP contribution in [0, 0.1) is 0 Å². The van der Waals surface area contributed by atoms with E-state index in [1.54, 1.807) is 25.9 Å². The predicted octanol–water partition coefficient (Wildman–Crippen LogP) is 2.99. The van der Waals surface area contributed by atoms with Gasteiger partial charge in [-0.15, -0.1) is 5.11 Å². The first-order valence-electron chi connectivity index (χ1n) is 14.0. The highest BCUT2D eigenvalue weighted by atomic mass is 19.4. The number of hydrogen-bond acceptors (Lipinski definition) is 10. The van der Waals surface area contributed by atoms with Crippen molar-refractivity contribution in [2.24, 2.45) is 10.3 Å². The van der Waals surface area contributed by atoms with E-state index in [4.69, 9.17) is 10.2 Å². The Bertz CT molecular complexity index is 1690. The second-order valence-electron chi connectivity index (χ2n) is 10.5. The maximum Gasteiger partial charge on any atom is 0.412 e. The highest BCUT2D eigenvalue weighted by Crippen LogP contribution is 2.31. The summed E-state index contributed by atoms with van der Waals surface area (Å²) in [6, 6.07) is 2.90. The maximum absolute atomic E-state index is 13.6. The third-order valence-electron chi connectivity index (χ3n) is 7.23. The summed E-state index contributed by atoms with van der Waals surface area (Å²) in [5.74, 6) is -1.43. The minimum absolute atomic E-state index is 0.0141. The molecule has 1 saturated heterocycles. The summed E-state index contributed by atoms with van der Waals surface area (Å²) in [5.41, 5.74) is 5.66. The summed E-state index contributed by atoms with van der Waals surface area (Å²) < 4.78 is 45.2. The van der Waals surface area contributed by atoms with Crippen LogP contribution in [0.5, 0.6) is 5.75 Å². The molecule has 2 amide bonds. The van der Waals surface area contributed by atoms with E-state index < -0.39 is 42.0 Å². The third-order valence-corrected chi connectivity index (χ3v) is 7.23. The van der Waals surface area contributed by atoms with Crippen molar-refractivity contribution >= 4 is 40.1 Å². The van der Waals surface area contributed by atoms with E-state index in [0.29, 0.717) is 11.2 Å². The van der Waals surface area contributed by atoms with Gasteiger partial charge in [-0.2, -0.15) is 13.2 Å². The van der Waals surface area contributed by atoms with Crippen molar-refractivity contribution in [3.63, 3.8) is 0 Å². The topological polar surface area (TPSA) is 175 Å². The predicted molar refractivity (Wildman–Crippen MR) is 159 cm³/mol. The van der Waals surface area contributed by atoms with Crippen LogP contribution < -0.4 is 21.4 Å². The molecular weight excluding hydrogens is 599 g/mol. The number of nitrogen functional groups attached to an aromatic ring is 1. The van der Waals surface area contributed by atoms with Gasteiger partial charge in [0.1, 0.15) is 34.7 Å². The molecule has 3 aromatic rings. The molecule has 0 atom stereocenters. The molecule has 0 unspecified atom stereocenters. The van der Waals surface area contributed by atoms with Crippen LogP contribution in [0.3, 0.4) is 0 Å². The van der Waals surface area contributed by atoms with Crippen LogP contribution in [-0.4, -0.2) is 89.4 Å². The van der Waals surface area contributed by atoms with E-state index in [0.717, 1.165) is 0 Å². The van der Waals surface area contributed by atoms with Gasteiger partial charge in [0, 0.05) is 58.1 Å². The smallest absolute Gasteiger partial charge is 0.412 e. The Morgan fingerprint density at radius 1 is 1.22 bits per heavy atom. The Morgan fingerprint density at radius 2 is 1.91 bits per heavy atom. The van der Waals surface area contributed by atoms with Gasteiger partial charge in [-0.05, 0) is 25.0 Å². The first-order chi connectivity index (χ1) is 21.2. The molecule has 1 aliphatic rings. The van der Waals surface area contributed by atoms with Crippen LogP contribution in [0.2, 0.25) is 0 Å². The monoisotopic (exact) mass is 633 g/mol. The van der Waals surface area contributed by atoms with Gasteiger partial charge in [-0.25, -0.2) is 4.98 Å². The Labute approximate surface area is 255 Å². The number of aromatic hydroxyl groups is 1. The number of oxazole rings is 1. The van der Waals surface area contributed by atoms with E-state index in [-0.39, 0.29) is 73.2 Å². The maximum atomic E-state index is 13.6. The summed E-state index contributed by atoms with van der Waals surface area (Å²) >= 11 is 0. The van der Waals surface area contributed by atoms with Crippen molar-refractivity contribution in [1.29, 1.82) is 0 Å². The number of nitrogens with one attached hydrogen (secondary N) is 1. The number of hydrogen-bond donors (Lipinski definition) is 3. The second-order valence-corrected chi connectivity index (χ2v) is 10.5. The van der Waals surface area contributed by atoms with Gasteiger partial charge in [0.2, 0.25) is 11.3 Å². The van der Waals surface area contributed by atoms with Gasteiger partial charge in [0.25, 0.3) is 5.91 Å². The van der Waals surface area contributed by atoms with Gasteiger partial charge in [0.15, 0.2) is 17.8 Å². The Hall–Kier alpha value is -5.09. The molecule has 0 bridgehead atoms. The van der Waals surface area contributed by atoms with Gasteiger partial charge in [-0.3, -0.25) is 19.4 Å². The van der Waals surface area contributed by atoms with E-state index >= 15 is 0 Å². The Balaban J connectivity index is 1.61. The van der Waals surface area contributed by atoms with Gasteiger partial charge < -0.3 is 34.9 Å². The van der Waals surface area contributed by atoms with Crippen molar-refractivity contribution in [1.82, 2.24) is 24.8 Å². The van der Waals surface area contributed by atoms with E-state index in [9.17, 15) is 32.7 Å². The number of pyridine rings is 1. The lowest BCUT2D eigenvalue weighted by molar-refractivity contribution is -0.122. The fourth-order valence-electron chi connectivity index (χ4n) is 4.97. The average molecular weight is 634 g/mol. The fourth-order valence-corrected chi connectivity index (χ4v) is 4.97. The molecule has 0 saturated carbocycles. The number of nitrogens with two attached hydrogens (primary N) is 1. The number of anilines is 2. The van der Waals surface area contributed by atoms with Crippen LogP contribution in [0.25, 0.3) is 11.1 Å². The first kappa shape index (κ1) is 32.8. The Kier molecular flexibility index (Phi) is 9.68. The highest BCUT2D eigenvalue weighted by Gasteiger charge is 2.32.